The van der Waals surface area contributed by atoms with Crippen LogP contribution >= 0.6 is 0 Å². The van der Waals surface area contributed by atoms with Gasteiger partial charge < -0.3 is 10.6 Å². The molecule has 0 aliphatic rings. The number of aryl methyl sites for hydroxylation is 1. The lowest BCUT2D eigenvalue weighted by molar-refractivity contribution is -0.124. The first-order valence-electron chi connectivity index (χ1n) is 8.88. The molecule has 0 aliphatic carbocycles. The summed E-state index contributed by atoms with van der Waals surface area (Å²) in [5.74, 6) is 0.326. The third kappa shape index (κ3) is 6.73. The van der Waals surface area contributed by atoms with Crippen LogP contribution in [0.4, 0.5) is 0 Å². The summed E-state index contributed by atoms with van der Waals surface area (Å²) in [7, 11) is 0. The van der Waals surface area contributed by atoms with E-state index >= 15 is 0 Å². The molecule has 0 fully saturated rings. The third-order valence-electron chi connectivity index (χ3n) is 4.08. The molecule has 0 saturated carbocycles. The number of hydrogen-bond acceptors (Lipinski definition) is 2. The van der Waals surface area contributed by atoms with Gasteiger partial charge in [-0.25, -0.2) is 0 Å². The number of benzene rings is 1. The van der Waals surface area contributed by atoms with Gasteiger partial charge in [-0.2, -0.15) is 0 Å². The van der Waals surface area contributed by atoms with Crippen LogP contribution in [0.3, 0.4) is 0 Å². The number of amides is 2. The summed E-state index contributed by atoms with van der Waals surface area (Å²) in [4.78, 5) is 25.0. The van der Waals surface area contributed by atoms with Gasteiger partial charge in [0.2, 0.25) is 5.91 Å². The van der Waals surface area contributed by atoms with Gasteiger partial charge in [0.05, 0.1) is 0 Å². The zero-order valence-corrected chi connectivity index (χ0v) is 15.8. The van der Waals surface area contributed by atoms with Crippen LogP contribution in [0.5, 0.6) is 0 Å². The SMILES string of the molecule is Cc1cccc(C(=O)N[C@H](C(=O)NC(C)CCC(C)C)C(C)C)c1. The van der Waals surface area contributed by atoms with Crippen molar-refractivity contribution in [1.29, 1.82) is 0 Å². The predicted molar refractivity (Wildman–Crippen MR) is 98.9 cm³/mol. The summed E-state index contributed by atoms with van der Waals surface area (Å²) in [5.41, 5.74) is 1.61. The lowest BCUT2D eigenvalue weighted by Gasteiger charge is -2.24. The number of nitrogens with one attached hydrogen (secondary N) is 2. The molecule has 1 unspecified atom stereocenters. The molecular weight excluding hydrogens is 300 g/mol. The molecule has 1 aromatic rings. The highest BCUT2D eigenvalue weighted by Gasteiger charge is 2.25. The van der Waals surface area contributed by atoms with E-state index in [9.17, 15) is 9.59 Å². The fraction of sp³-hybridized carbons (Fsp3) is 0.600. The Morgan fingerprint density at radius 1 is 1.00 bits per heavy atom. The summed E-state index contributed by atoms with van der Waals surface area (Å²) in [6.07, 6.45) is 2.02. The molecule has 1 rings (SSSR count). The van der Waals surface area contributed by atoms with Crippen molar-refractivity contribution in [3.05, 3.63) is 35.4 Å². The van der Waals surface area contributed by atoms with E-state index in [1.165, 1.54) is 0 Å². The highest BCUT2D eigenvalue weighted by Crippen LogP contribution is 2.10. The van der Waals surface area contributed by atoms with E-state index in [4.69, 9.17) is 0 Å². The first kappa shape index (κ1) is 20.2. The Morgan fingerprint density at radius 2 is 1.67 bits per heavy atom. The Hall–Kier alpha value is -1.84. The standard InChI is InChI=1S/C20H32N2O2/c1-13(2)10-11-16(6)21-20(24)18(14(3)4)22-19(23)17-9-7-8-15(5)12-17/h7-9,12-14,16,18H,10-11H2,1-6H3,(H,21,24)(H,22,23)/t16?,18-/m0/s1. The molecule has 1 aromatic carbocycles. The summed E-state index contributed by atoms with van der Waals surface area (Å²) < 4.78 is 0. The summed E-state index contributed by atoms with van der Waals surface area (Å²) >= 11 is 0. The molecule has 0 aromatic heterocycles. The monoisotopic (exact) mass is 332 g/mol. The first-order chi connectivity index (χ1) is 11.2. The molecule has 2 amide bonds. The molecule has 4 nitrogen and oxygen atoms in total. The van der Waals surface area contributed by atoms with Gasteiger partial charge in [0, 0.05) is 11.6 Å². The van der Waals surface area contributed by atoms with E-state index in [1.807, 2.05) is 45.9 Å². The van der Waals surface area contributed by atoms with Crippen molar-refractivity contribution < 1.29 is 9.59 Å². The fourth-order valence-electron chi connectivity index (χ4n) is 2.53. The second-order valence-corrected chi connectivity index (χ2v) is 7.45. The number of carbonyl (C=O) groups is 2. The molecule has 0 heterocycles. The van der Waals surface area contributed by atoms with Gasteiger partial charge in [0.15, 0.2) is 0 Å². The van der Waals surface area contributed by atoms with Crippen molar-refractivity contribution in [3.63, 3.8) is 0 Å². The molecule has 2 N–H and O–H groups in total. The molecule has 24 heavy (non-hydrogen) atoms. The minimum absolute atomic E-state index is 0.0241. The maximum absolute atomic E-state index is 12.5. The van der Waals surface area contributed by atoms with Gasteiger partial charge in [-0.3, -0.25) is 9.59 Å². The third-order valence-corrected chi connectivity index (χ3v) is 4.08. The smallest absolute Gasteiger partial charge is 0.251 e. The molecule has 0 aliphatic heterocycles. The first-order valence-corrected chi connectivity index (χ1v) is 8.88. The van der Waals surface area contributed by atoms with E-state index in [2.05, 4.69) is 24.5 Å². The highest BCUT2D eigenvalue weighted by atomic mass is 16.2. The van der Waals surface area contributed by atoms with E-state index in [0.29, 0.717) is 11.5 Å². The maximum atomic E-state index is 12.5. The second-order valence-electron chi connectivity index (χ2n) is 7.45. The van der Waals surface area contributed by atoms with E-state index in [1.54, 1.807) is 6.07 Å². The summed E-state index contributed by atoms with van der Waals surface area (Å²) in [6.45, 7) is 12.2. The van der Waals surface area contributed by atoms with Gasteiger partial charge in [0.1, 0.15) is 6.04 Å². The van der Waals surface area contributed by atoms with Crippen LogP contribution in [0.25, 0.3) is 0 Å². The molecule has 0 saturated heterocycles. The van der Waals surface area contributed by atoms with E-state index in [-0.39, 0.29) is 23.8 Å². The minimum Gasteiger partial charge on any atom is -0.352 e. The van der Waals surface area contributed by atoms with Crippen LogP contribution < -0.4 is 10.6 Å². The van der Waals surface area contributed by atoms with Gasteiger partial charge >= 0.3 is 0 Å². The molecule has 4 heteroatoms. The van der Waals surface area contributed by atoms with Gasteiger partial charge in [-0.05, 0) is 50.7 Å². The Morgan fingerprint density at radius 3 is 2.21 bits per heavy atom. The van der Waals surface area contributed by atoms with Crippen molar-refractivity contribution in [2.24, 2.45) is 11.8 Å². The average molecular weight is 332 g/mol. The van der Waals surface area contributed by atoms with Crippen LogP contribution in [-0.4, -0.2) is 23.9 Å². The highest BCUT2D eigenvalue weighted by molar-refractivity contribution is 5.97. The molecule has 2 atom stereocenters. The van der Waals surface area contributed by atoms with Crippen molar-refractivity contribution in [1.82, 2.24) is 10.6 Å². The van der Waals surface area contributed by atoms with Crippen molar-refractivity contribution in [2.75, 3.05) is 0 Å². The molecule has 0 radical (unpaired) electrons. The van der Waals surface area contributed by atoms with Gasteiger partial charge in [-0.1, -0.05) is 45.4 Å². The number of hydrogen-bond donors (Lipinski definition) is 2. The molecule has 0 bridgehead atoms. The topological polar surface area (TPSA) is 58.2 Å². The zero-order chi connectivity index (χ0) is 18.3. The Bertz CT molecular complexity index is 552. The van der Waals surface area contributed by atoms with Crippen LogP contribution in [0, 0.1) is 18.8 Å². The molecular formula is C20H32N2O2. The quantitative estimate of drug-likeness (QED) is 0.763. The molecule has 0 spiro atoms. The number of rotatable bonds is 8. The zero-order valence-electron chi connectivity index (χ0n) is 15.8. The van der Waals surface area contributed by atoms with Crippen LogP contribution in [-0.2, 0) is 4.79 Å². The fourth-order valence-corrected chi connectivity index (χ4v) is 2.53. The van der Waals surface area contributed by atoms with E-state index in [0.717, 1.165) is 18.4 Å². The lowest BCUT2D eigenvalue weighted by atomic mass is 10.0. The minimum atomic E-state index is -0.528. The average Bonchev–Trinajstić information content (AvgIpc) is 2.49. The Balaban J connectivity index is 2.69. The van der Waals surface area contributed by atoms with Crippen LogP contribution in [0.2, 0.25) is 0 Å². The normalized spacial score (nSPS) is 13.7. The maximum Gasteiger partial charge on any atom is 0.251 e. The van der Waals surface area contributed by atoms with Crippen molar-refractivity contribution >= 4 is 11.8 Å². The van der Waals surface area contributed by atoms with E-state index < -0.39 is 6.04 Å². The Kier molecular flexibility index (Phi) is 7.96. The largest absolute Gasteiger partial charge is 0.352 e. The number of carbonyl (C=O) groups excluding carboxylic acids is 2. The van der Waals surface area contributed by atoms with Gasteiger partial charge in [0.25, 0.3) is 5.91 Å². The summed E-state index contributed by atoms with van der Waals surface area (Å²) in [6, 6.07) is 6.97. The molecule has 134 valence electrons. The van der Waals surface area contributed by atoms with Crippen LogP contribution in [0.1, 0.15) is 63.4 Å². The van der Waals surface area contributed by atoms with Gasteiger partial charge in [-0.15, -0.1) is 0 Å². The second kappa shape index (κ2) is 9.45. The predicted octanol–water partition coefficient (Wildman–Crippen LogP) is 3.69. The lowest BCUT2D eigenvalue weighted by Crippen LogP contribution is -2.51. The van der Waals surface area contributed by atoms with Crippen molar-refractivity contribution in [2.45, 2.75) is 66.5 Å². The van der Waals surface area contributed by atoms with Crippen molar-refractivity contribution in [3.8, 4) is 0 Å². The summed E-state index contributed by atoms with van der Waals surface area (Å²) in [5, 5.41) is 5.91. The Labute approximate surface area is 146 Å². The van der Waals surface area contributed by atoms with Crippen LogP contribution in [0.15, 0.2) is 24.3 Å².